The molecule has 0 fully saturated rings. The Morgan fingerprint density at radius 2 is 2.19 bits per heavy atom. The summed E-state index contributed by atoms with van der Waals surface area (Å²) < 4.78 is 5.19. The molecule has 136 valence electrons. The lowest BCUT2D eigenvalue weighted by Gasteiger charge is -2.15. The molecule has 10 heteroatoms. The quantitative estimate of drug-likeness (QED) is 0.368. The third kappa shape index (κ3) is 3.48. The van der Waals surface area contributed by atoms with Gasteiger partial charge in [-0.05, 0) is 18.2 Å². The molecule has 0 aliphatic rings. The molecule has 26 heavy (non-hydrogen) atoms. The molecule has 0 saturated carbocycles. The lowest BCUT2D eigenvalue weighted by Crippen LogP contribution is -2.99. The van der Waals surface area contributed by atoms with E-state index < -0.39 is 16.9 Å². The topological polar surface area (TPSA) is 142 Å². The fraction of sp³-hybridized carbons (Fsp3) is 0.188. The van der Waals surface area contributed by atoms with Crippen LogP contribution in [0.2, 0.25) is 0 Å². The van der Waals surface area contributed by atoms with Crippen LogP contribution < -0.4 is 10.8 Å². The highest BCUT2D eigenvalue weighted by Crippen LogP contribution is 2.19. The summed E-state index contributed by atoms with van der Waals surface area (Å²) in [4.78, 5) is 19.4. The summed E-state index contributed by atoms with van der Waals surface area (Å²) in [6.07, 6.45) is 0.105. The maximum absolute atomic E-state index is 12.5. The van der Waals surface area contributed by atoms with Gasteiger partial charge in [0.2, 0.25) is 0 Å². The van der Waals surface area contributed by atoms with Crippen LogP contribution in [0.3, 0.4) is 0 Å². The number of quaternary nitrogens is 1. The number of aliphatic hydroxyl groups is 1. The number of hydrazone groups is 1. The fourth-order valence-electron chi connectivity index (χ4n) is 2.42. The van der Waals surface area contributed by atoms with Crippen molar-refractivity contribution in [3.8, 4) is 0 Å². The van der Waals surface area contributed by atoms with Gasteiger partial charge >= 0.3 is 0 Å². The molecule has 10 nitrogen and oxygen atoms in total. The number of hydrogen-bond acceptors (Lipinski definition) is 8. The van der Waals surface area contributed by atoms with Crippen LogP contribution in [0.15, 0.2) is 50.9 Å². The number of nitrogens with one attached hydrogen (secondary N) is 2. The Bertz CT molecular complexity index is 994. The molecule has 3 rings (SSSR count). The van der Waals surface area contributed by atoms with Crippen molar-refractivity contribution < 1.29 is 20.0 Å². The number of nitrogens with zero attached hydrogens (tertiary/aromatic N) is 3. The largest absolute Gasteiger partial charge is 0.595 e. The number of fused-ring (bicyclic) bond motifs is 1. The van der Waals surface area contributed by atoms with E-state index in [-0.39, 0.29) is 28.4 Å². The normalized spacial score (nSPS) is 14.4. The van der Waals surface area contributed by atoms with Crippen molar-refractivity contribution in [1.82, 2.24) is 15.0 Å². The van der Waals surface area contributed by atoms with Crippen LogP contribution in [-0.2, 0) is 0 Å². The van der Waals surface area contributed by atoms with Crippen LogP contribution in [0, 0.1) is 5.21 Å². The second-order valence-corrected chi connectivity index (χ2v) is 5.70. The molecule has 0 aliphatic heterocycles. The van der Waals surface area contributed by atoms with Crippen molar-refractivity contribution in [2.24, 2.45) is 5.10 Å². The molecular weight excluding hydrogens is 342 g/mol. The Hall–Kier alpha value is -3.05. The molecule has 0 radical (unpaired) electrons. The molecule has 4 N–H and O–H groups in total. The Kier molecular flexibility index (Phi) is 4.82. The van der Waals surface area contributed by atoms with Crippen LogP contribution in [0.5, 0.6) is 0 Å². The Morgan fingerprint density at radius 3 is 2.81 bits per heavy atom. The molecule has 0 saturated heterocycles. The first-order valence-electron chi connectivity index (χ1n) is 7.62. The van der Waals surface area contributed by atoms with Crippen molar-refractivity contribution in [2.45, 2.75) is 6.10 Å². The highest BCUT2D eigenvalue weighted by molar-refractivity contribution is 6.02. The first-order chi connectivity index (χ1) is 12.4. The highest BCUT2D eigenvalue weighted by atomic mass is 16.8. The van der Waals surface area contributed by atoms with Crippen LogP contribution in [0.1, 0.15) is 17.6 Å². The van der Waals surface area contributed by atoms with E-state index in [0.29, 0.717) is 5.52 Å². The van der Waals surface area contributed by atoms with Crippen molar-refractivity contribution in [2.75, 3.05) is 14.1 Å². The van der Waals surface area contributed by atoms with Gasteiger partial charge in [-0.25, -0.2) is 10.2 Å². The summed E-state index contributed by atoms with van der Waals surface area (Å²) >= 11 is 0. The molecule has 0 aliphatic carbocycles. The predicted molar refractivity (Wildman–Crippen MR) is 92.0 cm³/mol. The minimum atomic E-state index is -1.29. The van der Waals surface area contributed by atoms with E-state index in [9.17, 15) is 15.1 Å². The van der Waals surface area contributed by atoms with E-state index in [1.807, 2.05) is 0 Å². The van der Waals surface area contributed by atoms with Gasteiger partial charge in [-0.3, -0.25) is 4.79 Å². The third-order valence-corrected chi connectivity index (χ3v) is 3.56. The number of benzene rings is 1. The summed E-state index contributed by atoms with van der Waals surface area (Å²) in [5, 5.41) is 35.2. The third-order valence-electron chi connectivity index (χ3n) is 3.56. The van der Waals surface area contributed by atoms with Crippen LogP contribution in [-0.4, -0.2) is 45.1 Å². The Balaban J connectivity index is 2.15. The van der Waals surface area contributed by atoms with E-state index >= 15 is 0 Å². The van der Waals surface area contributed by atoms with Gasteiger partial charge in [0.15, 0.2) is 17.5 Å². The highest BCUT2D eigenvalue weighted by Gasteiger charge is 2.25. The number of aliphatic hydroxyl groups excluding tert-OH is 1. The minimum Gasteiger partial charge on any atom is -0.595 e. The van der Waals surface area contributed by atoms with Gasteiger partial charge < -0.3 is 24.7 Å². The van der Waals surface area contributed by atoms with Gasteiger partial charge in [0.1, 0.15) is 11.5 Å². The first kappa shape index (κ1) is 17.8. The SMILES string of the molecule is CN(C)/N=C(/c1nc2ccc([NH+]([O-])O)cc2[nH]c1=O)C(O)c1ccco1. The summed E-state index contributed by atoms with van der Waals surface area (Å²) in [6, 6.07) is 7.35. The number of aromatic amines is 1. The van der Waals surface area contributed by atoms with Gasteiger partial charge in [0.25, 0.3) is 5.56 Å². The minimum absolute atomic E-state index is 0.00964. The molecule has 3 aromatic rings. The van der Waals surface area contributed by atoms with E-state index in [2.05, 4.69) is 15.1 Å². The summed E-state index contributed by atoms with van der Waals surface area (Å²) in [7, 11) is 3.28. The molecule has 0 spiro atoms. The monoisotopic (exact) mass is 359 g/mol. The van der Waals surface area contributed by atoms with Gasteiger partial charge in [-0.15, -0.1) is 0 Å². The number of H-pyrrole nitrogens is 1. The molecule has 0 amide bonds. The maximum atomic E-state index is 12.5. The van der Waals surface area contributed by atoms with Gasteiger partial charge in [-0.1, -0.05) is 0 Å². The summed E-state index contributed by atoms with van der Waals surface area (Å²) in [5.41, 5.74) is -0.0154. The first-order valence-corrected chi connectivity index (χ1v) is 7.62. The van der Waals surface area contributed by atoms with Crippen molar-refractivity contribution in [3.63, 3.8) is 0 Å². The molecule has 2 atom stereocenters. The number of rotatable bonds is 5. The zero-order valence-electron chi connectivity index (χ0n) is 14.0. The predicted octanol–water partition coefficient (Wildman–Crippen LogP) is -0.0812. The lowest BCUT2D eigenvalue weighted by atomic mass is 10.1. The molecule has 1 aromatic carbocycles. The van der Waals surface area contributed by atoms with Gasteiger partial charge in [0.05, 0.1) is 17.3 Å². The van der Waals surface area contributed by atoms with E-state index in [4.69, 9.17) is 9.62 Å². The standard InChI is InChI=1S/C16H17N5O5/c1-20(2)19-13(15(22)12-4-3-7-26-12)14-16(23)18-11-8-9(21(24)25)5-6-10(11)17-14/h3-8,15,21-22,24H,1-2H3,(H,18,23)/b19-13-. The lowest BCUT2D eigenvalue weighted by molar-refractivity contribution is -0.991. The average Bonchev–Trinajstić information content (AvgIpc) is 3.12. The fourth-order valence-corrected chi connectivity index (χ4v) is 2.42. The average molecular weight is 359 g/mol. The van der Waals surface area contributed by atoms with Crippen LogP contribution in [0.25, 0.3) is 11.0 Å². The van der Waals surface area contributed by atoms with Crippen LogP contribution in [0.4, 0.5) is 5.69 Å². The smallest absolute Gasteiger partial charge is 0.276 e. The zero-order chi connectivity index (χ0) is 18.8. The molecule has 0 bridgehead atoms. The zero-order valence-corrected chi connectivity index (χ0v) is 14.0. The van der Waals surface area contributed by atoms with E-state index in [1.54, 1.807) is 26.2 Å². The number of aromatic nitrogens is 2. The Labute approximate surface area is 147 Å². The second-order valence-electron chi connectivity index (χ2n) is 5.70. The molecule has 2 aromatic heterocycles. The summed E-state index contributed by atoms with van der Waals surface area (Å²) in [5.74, 6) is 0.216. The van der Waals surface area contributed by atoms with Crippen molar-refractivity contribution >= 4 is 22.4 Å². The second kappa shape index (κ2) is 7.06. The number of hydrogen-bond donors (Lipinski definition) is 4. The van der Waals surface area contributed by atoms with Crippen molar-refractivity contribution in [1.29, 1.82) is 0 Å². The molecule has 2 heterocycles. The number of furan rings is 1. The molecule has 2 unspecified atom stereocenters. The maximum Gasteiger partial charge on any atom is 0.276 e. The van der Waals surface area contributed by atoms with Crippen molar-refractivity contribution in [3.05, 3.63) is 63.6 Å². The summed E-state index contributed by atoms with van der Waals surface area (Å²) in [6.45, 7) is 0. The van der Waals surface area contributed by atoms with Crippen LogP contribution >= 0.6 is 0 Å². The van der Waals surface area contributed by atoms with E-state index in [0.717, 1.165) is 0 Å². The molecular formula is C16H17N5O5. The Morgan fingerprint density at radius 1 is 1.42 bits per heavy atom. The van der Waals surface area contributed by atoms with E-state index in [1.165, 1.54) is 29.5 Å². The van der Waals surface area contributed by atoms with Gasteiger partial charge in [0, 0.05) is 26.2 Å². The van der Waals surface area contributed by atoms with Gasteiger partial charge in [-0.2, -0.15) is 10.3 Å².